The standard InChI is InChI=1S/C15H23N5S/c1-5-16-13(15(2,3)4)11-21-14-17-18-19-20(14)12-9-7-6-8-10-12/h6-10,13,16H,5,11H2,1-4H3. The third-order valence-electron chi connectivity index (χ3n) is 3.32. The Morgan fingerprint density at radius 3 is 2.57 bits per heavy atom. The quantitative estimate of drug-likeness (QED) is 0.832. The summed E-state index contributed by atoms with van der Waals surface area (Å²) >= 11 is 1.69. The average Bonchev–Trinajstić information content (AvgIpc) is 2.91. The number of rotatable bonds is 6. The summed E-state index contributed by atoms with van der Waals surface area (Å²) < 4.78 is 1.79. The Bertz CT molecular complexity index is 547. The van der Waals surface area contributed by atoms with E-state index in [0.29, 0.717) is 6.04 Å². The summed E-state index contributed by atoms with van der Waals surface area (Å²) in [7, 11) is 0. The van der Waals surface area contributed by atoms with E-state index in [1.807, 2.05) is 30.3 Å². The van der Waals surface area contributed by atoms with Gasteiger partial charge >= 0.3 is 0 Å². The topological polar surface area (TPSA) is 55.6 Å². The van der Waals surface area contributed by atoms with Gasteiger partial charge in [-0.15, -0.1) is 5.10 Å². The maximum atomic E-state index is 4.14. The molecular weight excluding hydrogens is 282 g/mol. The Hall–Kier alpha value is -1.40. The maximum absolute atomic E-state index is 4.14. The van der Waals surface area contributed by atoms with Crippen LogP contribution in [0.2, 0.25) is 0 Å². The van der Waals surface area contributed by atoms with Gasteiger partial charge in [-0.3, -0.25) is 0 Å². The molecule has 0 aliphatic rings. The second-order valence-electron chi connectivity index (χ2n) is 6.00. The van der Waals surface area contributed by atoms with Crippen LogP contribution in [0.3, 0.4) is 0 Å². The van der Waals surface area contributed by atoms with Crippen molar-refractivity contribution in [2.45, 2.75) is 38.9 Å². The Morgan fingerprint density at radius 1 is 1.24 bits per heavy atom. The number of nitrogens with one attached hydrogen (secondary N) is 1. The molecule has 1 aromatic carbocycles. The molecule has 1 heterocycles. The molecule has 0 fully saturated rings. The van der Waals surface area contributed by atoms with Gasteiger partial charge < -0.3 is 5.32 Å². The van der Waals surface area contributed by atoms with Crippen LogP contribution >= 0.6 is 11.8 Å². The molecule has 0 amide bonds. The Morgan fingerprint density at radius 2 is 1.95 bits per heavy atom. The molecule has 5 nitrogen and oxygen atoms in total. The Labute approximate surface area is 130 Å². The molecule has 1 atom stereocenters. The van der Waals surface area contributed by atoms with Gasteiger partial charge in [0, 0.05) is 11.8 Å². The van der Waals surface area contributed by atoms with Gasteiger partial charge in [0.05, 0.1) is 5.69 Å². The van der Waals surface area contributed by atoms with E-state index in [0.717, 1.165) is 23.1 Å². The number of aromatic nitrogens is 4. The lowest BCUT2D eigenvalue weighted by molar-refractivity contribution is 0.295. The van der Waals surface area contributed by atoms with Crippen LogP contribution in [0.25, 0.3) is 5.69 Å². The first-order chi connectivity index (χ1) is 10.0. The minimum atomic E-state index is 0.202. The second kappa shape index (κ2) is 7.04. The van der Waals surface area contributed by atoms with Crippen LogP contribution in [-0.2, 0) is 0 Å². The molecule has 0 saturated heterocycles. The minimum Gasteiger partial charge on any atom is -0.313 e. The van der Waals surface area contributed by atoms with E-state index in [1.54, 1.807) is 16.4 Å². The molecule has 1 unspecified atom stereocenters. The van der Waals surface area contributed by atoms with E-state index in [4.69, 9.17) is 0 Å². The van der Waals surface area contributed by atoms with Gasteiger partial charge in [-0.05, 0) is 34.5 Å². The number of benzene rings is 1. The van der Waals surface area contributed by atoms with E-state index in [2.05, 4.69) is 48.5 Å². The predicted molar refractivity (Wildman–Crippen MR) is 86.8 cm³/mol. The zero-order valence-electron chi connectivity index (χ0n) is 13.1. The van der Waals surface area contributed by atoms with Crippen molar-refractivity contribution in [1.82, 2.24) is 25.5 Å². The first kappa shape index (κ1) is 16.0. The summed E-state index contributed by atoms with van der Waals surface area (Å²) in [5, 5.41) is 16.4. The molecule has 1 aromatic heterocycles. The van der Waals surface area contributed by atoms with Crippen molar-refractivity contribution in [3.8, 4) is 5.69 Å². The van der Waals surface area contributed by atoms with Gasteiger partial charge in [-0.2, -0.15) is 4.68 Å². The highest BCUT2D eigenvalue weighted by atomic mass is 32.2. The third kappa shape index (κ3) is 4.28. The van der Waals surface area contributed by atoms with Crippen LogP contribution in [0, 0.1) is 5.41 Å². The van der Waals surface area contributed by atoms with Crippen molar-refractivity contribution in [2.24, 2.45) is 5.41 Å². The number of para-hydroxylation sites is 1. The fourth-order valence-electron chi connectivity index (χ4n) is 2.02. The summed E-state index contributed by atoms with van der Waals surface area (Å²) in [6.07, 6.45) is 0. The third-order valence-corrected chi connectivity index (χ3v) is 4.33. The van der Waals surface area contributed by atoms with Crippen molar-refractivity contribution >= 4 is 11.8 Å². The van der Waals surface area contributed by atoms with Crippen molar-refractivity contribution in [1.29, 1.82) is 0 Å². The Balaban J connectivity index is 2.09. The lowest BCUT2D eigenvalue weighted by Gasteiger charge is -2.30. The van der Waals surface area contributed by atoms with E-state index < -0.39 is 0 Å². The fraction of sp³-hybridized carbons (Fsp3) is 0.533. The molecule has 21 heavy (non-hydrogen) atoms. The normalized spacial score (nSPS) is 13.3. The summed E-state index contributed by atoms with van der Waals surface area (Å²) in [6, 6.07) is 10.4. The zero-order chi connectivity index (χ0) is 15.3. The number of tetrazole rings is 1. The fourth-order valence-corrected chi connectivity index (χ4v) is 3.31. The summed E-state index contributed by atoms with van der Waals surface area (Å²) in [5.74, 6) is 0.935. The highest BCUT2D eigenvalue weighted by Crippen LogP contribution is 2.26. The van der Waals surface area contributed by atoms with Crippen molar-refractivity contribution < 1.29 is 0 Å². The second-order valence-corrected chi connectivity index (χ2v) is 6.98. The molecule has 6 heteroatoms. The number of hydrogen-bond donors (Lipinski definition) is 1. The van der Waals surface area contributed by atoms with Crippen molar-refractivity contribution in [3.63, 3.8) is 0 Å². The largest absolute Gasteiger partial charge is 0.313 e. The lowest BCUT2D eigenvalue weighted by atomic mass is 9.88. The van der Waals surface area contributed by atoms with Crippen LogP contribution in [0.15, 0.2) is 35.5 Å². The molecule has 0 aliphatic carbocycles. The lowest BCUT2D eigenvalue weighted by Crippen LogP contribution is -2.42. The van der Waals surface area contributed by atoms with Gasteiger partial charge in [0.15, 0.2) is 0 Å². The van der Waals surface area contributed by atoms with E-state index in [-0.39, 0.29) is 5.41 Å². The van der Waals surface area contributed by atoms with E-state index in [9.17, 15) is 0 Å². The van der Waals surface area contributed by atoms with Gasteiger partial charge in [-0.25, -0.2) is 0 Å². The maximum Gasteiger partial charge on any atom is 0.214 e. The SMILES string of the molecule is CCNC(CSc1nnnn1-c1ccccc1)C(C)(C)C. The van der Waals surface area contributed by atoms with Crippen LogP contribution in [0.5, 0.6) is 0 Å². The van der Waals surface area contributed by atoms with Gasteiger partial charge in [-0.1, -0.05) is 57.7 Å². The van der Waals surface area contributed by atoms with E-state index in [1.165, 1.54) is 0 Å². The molecule has 2 aromatic rings. The molecule has 0 spiro atoms. The first-order valence-electron chi connectivity index (χ1n) is 7.22. The number of nitrogens with zero attached hydrogens (tertiary/aromatic N) is 4. The molecule has 114 valence electrons. The summed E-state index contributed by atoms with van der Waals surface area (Å²) in [5.41, 5.74) is 1.19. The minimum absolute atomic E-state index is 0.202. The summed E-state index contributed by atoms with van der Waals surface area (Å²) in [6.45, 7) is 9.85. The monoisotopic (exact) mass is 305 g/mol. The molecule has 0 aliphatic heterocycles. The van der Waals surface area contributed by atoms with Gasteiger partial charge in [0.1, 0.15) is 0 Å². The molecule has 0 saturated carbocycles. The molecular formula is C15H23N5S. The zero-order valence-corrected chi connectivity index (χ0v) is 13.9. The smallest absolute Gasteiger partial charge is 0.214 e. The Kier molecular flexibility index (Phi) is 5.36. The van der Waals surface area contributed by atoms with Gasteiger partial charge in [0.2, 0.25) is 5.16 Å². The number of hydrogen-bond acceptors (Lipinski definition) is 5. The molecule has 0 bridgehead atoms. The highest BCUT2D eigenvalue weighted by Gasteiger charge is 2.24. The molecule has 0 radical (unpaired) electrons. The van der Waals surface area contributed by atoms with Crippen molar-refractivity contribution in [2.75, 3.05) is 12.3 Å². The predicted octanol–water partition coefficient (Wildman–Crippen LogP) is 2.78. The highest BCUT2D eigenvalue weighted by molar-refractivity contribution is 7.99. The van der Waals surface area contributed by atoms with Gasteiger partial charge in [0.25, 0.3) is 0 Å². The van der Waals surface area contributed by atoms with E-state index >= 15 is 0 Å². The molecule has 2 rings (SSSR count). The number of thioether (sulfide) groups is 1. The van der Waals surface area contributed by atoms with Crippen LogP contribution < -0.4 is 5.32 Å². The van der Waals surface area contributed by atoms with Crippen molar-refractivity contribution in [3.05, 3.63) is 30.3 Å². The molecule has 1 N–H and O–H groups in total. The van der Waals surface area contributed by atoms with Crippen LogP contribution in [0.4, 0.5) is 0 Å². The van der Waals surface area contributed by atoms with Crippen LogP contribution in [0.1, 0.15) is 27.7 Å². The average molecular weight is 305 g/mol. The van der Waals surface area contributed by atoms with Crippen LogP contribution in [-0.4, -0.2) is 38.5 Å². The summed E-state index contributed by atoms with van der Waals surface area (Å²) in [4.78, 5) is 0. The first-order valence-corrected chi connectivity index (χ1v) is 8.21.